The molecule has 0 fully saturated rings. The summed E-state index contributed by atoms with van der Waals surface area (Å²) in [6, 6.07) is 3.41. The number of aliphatic hydroxyl groups excluding tert-OH is 1. The largest absolute Gasteiger partial charge is 0.398 e. The van der Waals surface area contributed by atoms with Crippen molar-refractivity contribution in [2.24, 2.45) is 0 Å². The molecule has 0 aliphatic heterocycles. The summed E-state index contributed by atoms with van der Waals surface area (Å²) in [5.41, 5.74) is 6.81. The zero-order valence-corrected chi connectivity index (χ0v) is 13.3. The average molecular weight is 300 g/mol. The molecule has 0 saturated heterocycles. The lowest BCUT2D eigenvalue weighted by molar-refractivity contribution is 0.233. The molecule has 1 atom stereocenters. The first-order valence-electron chi connectivity index (χ1n) is 6.67. The van der Waals surface area contributed by atoms with E-state index in [-0.39, 0.29) is 11.5 Å². The summed E-state index contributed by atoms with van der Waals surface area (Å²) >= 11 is 0. The molecule has 0 radical (unpaired) electrons. The first-order valence-corrected chi connectivity index (χ1v) is 8.15. The van der Waals surface area contributed by atoms with Crippen molar-refractivity contribution < 1.29 is 13.5 Å². The highest BCUT2D eigenvalue weighted by molar-refractivity contribution is 7.89. The van der Waals surface area contributed by atoms with Crippen LogP contribution >= 0.6 is 0 Å². The Bertz CT molecular complexity index is 584. The molecular weight excluding hydrogens is 276 g/mol. The molecule has 4 N–H and O–H groups in total. The molecule has 0 aromatic heterocycles. The Balaban J connectivity index is 3.28. The molecule has 0 spiro atoms. The second-order valence-corrected chi connectivity index (χ2v) is 7.04. The second-order valence-electron chi connectivity index (χ2n) is 5.42. The molecule has 0 aliphatic rings. The van der Waals surface area contributed by atoms with E-state index in [1.165, 1.54) is 0 Å². The van der Waals surface area contributed by atoms with E-state index in [4.69, 9.17) is 10.8 Å². The number of aliphatic hydroxyl groups is 1. The normalized spacial score (nSPS) is 15.1. The maximum absolute atomic E-state index is 12.6. The second kappa shape index (κ2) is 6.11. The first-order chi connectivity index (χ1) is 9.17. The summed E-state index contributed by atoms with van der Waals surface area (Å²) in [6.07, 6.45) is 0.955. The molecule has 0 heterocycles. The van der Waals surface area contributed by atoms with Gasteiger partial charge < -0.3 is 10.8 Å². The summed E-state index contributed by atoms with van der Waals surface area (Å²) in [5.74, 6) is 0. The van der Waals surface area contributed by atoms with Gasteiger partial charge in [0.05, 0.1) is 4.90 Å². The van der Waals surface area contributed by atoms with E-state index in [0.29, 0.717) is 29.7 Å². The Kier molecular flexibility index (Phi) is 5.18. The molecule has 0 amide bonds. The van der Waals surface area contributed by atoms with Crippen molar-refractivity contribution in [1.29, 1.82) is 0 Å². The highest BCUT2D eigenvalue weighted by atomic mass is 32.2. The van der Waals surface area contributed by atoms with Gasteiger partial charge in [-0.25, -0.2) is 13.1 Å². The zero-order chi connectivity index (χ0) is 15.6. The molecule has 0 bridgehead atoms. The van der Waals surface area contributed by atoms with Crippen LogP contribution in [0.5, 0.6) is 0 Å². The van der Waals surface area contributed by atoms with E-state index < -0.39 is 15.6 Å². The minimum Gasteiger partial charge on any atom is -0.398 e. The summed E-state index contributed by atoms with van der Waals surface area (Å²) in [6.45, 7) is 7.05. The third-order valence-corrected chi connectivity index (χ3v) is 5.67. The Morgan fingerprint density at radius 3 is 2.45 bits per heavy atom. The van der Waals surface area contributed by atoms with Crippen LogP contribution in [0.3, 0.4) is 0 Å². The summed E-state index contributed by atoms with van der Waals surface area (Å²) in [4.78, 5) is 0.232. The molecule has 1 unspecified atom stereocenters. The van der Waals surface area contributed by atoms with Crippen LogP contribution in [0.2, 0.25) is 0 Å². The van der Waals surface area contributed by atoms with Gasteiger partial charge in [0.15, 0.2) is 0 Å². The van der Waals surface area contributed by atoms with Crippen molar-refractivity contribution in [3.05, 3.63) is 23.3 Å². The van der Waals surface area contributed by atoms with E-state index in [1.807, 2.05) is 6.92 Å². The summed E-state index contributed by atoms with van der Waals surface area (Å²) in [7, 11) is -3.68. The van der Waals surface area contributed by atoms with E-state index in [2.05, 4.69) is 4.72 Å². The minimum atomic E-state index is -3.68. The number of anilines is 1. The number of nitrogen functional groups attached to an aromatic ring is 1. The third-order valence-electron chi connectivity index (χ3n) is 3.74. The Hall–Kier alpha value is -1.11. The van der Waals surface area contributed by atoms with Crippen molar-refractivity contribution in [1.82, 2.24) is 4.72 Å². The standard InChI is InChI=1S/C14H24N2O3S/c1-5-14(4,8-9-17)16-20(18,19)13-10(2)6-7-12(15)11(13)3/h6-7,16-17H,5,8-9,15H2,1-4H3. The van der Waals surface area contributed by atoms with Gasteiger partial charge in [0.25, 0.3) is 0 Å². The lowest BCUT2D eigenvalue weighted by Crippen LogP contribution is -2.46. The molecule has 0 saturated carbocycles. The maximum Gasteiger partial charge on any atom is 0.241 e. The van der Waals surface area contributed by atoms with Crippen LogP contribution in [0.25, 0.3) is 0 Å². The van der Waals surface area contributed by atoms with Crippen LogP contribution in [0.15, 0.2) is 17.0 Å². The van der Waals surface area contributed by atoms with Crippen molar-refractivity contribution in [3.8, 4) is 0 Å². The number of nitrogens with one attached hydrogen (secondary N) is 1. The molecule has 5 nitrogen and oxygen atoms in total. The van der Waals surface area contributed by atoms with E-state index in [0.717, 1.165) is 0 Å². The van der Waals surface area contributed by atoms with Crippen molar-refractivity contribution in [2.45, 2.75) is 51.0 Å². The topological polar surface area (TPSA) is 92.4 Å². The molecule has 20 heavy (non-hydrogen) atoms. The van der Waals surface area contributed by atoms with Crippen LogP contribution in [0, 0.1) is 13.8 Å². The molecule has 1 rings (SSSR count). The Morgan fingerprint density at radius 1 is 1.35 bits per heavy atom. The van der Waals surface area contributed by atoms with Gasteiger partial charge in [-0.2, -0.15) is 0 Å². The number of rotatable bonds is 6. The molecule has 114 valence electrons. The van der Waals surface area contributed by atoms with Gasteiger partial charge in [-0.15, -0.1) is 0 Å². The minimum absolute atomic E-state index is 0.0677. The summed E-state index contributed by atoms with van der Waals surface area (Å²) < 4.78 is 28.0. The number of benzene rings is 1. The van der Waals surface area contributed by atoms with E-state index >= 15 is 0 Å². The van der Waals surface area contributed by atoms with Gasteiger partial charge in [-0.05, 0) is 50.8 Å². The fraction of sp³-hybridized carbons (Fsp3) is 0.571. The molecule has 1 aromatic carbocycles. The van der Waals surface area contributed by atoms with Gasteiger partial charge in [0.1, 0.15) is 0 Å². The van der Waals surface area contributed by atoms with Crippen LogP contribution in [0.4, 0.5) is 5.69 Å². The number of hydrogen-bond acceptors (Lipinski definition) is 4. The summed E-state index contributed by atoms with van der Waals surface area (Å²) in [5, 5.41) is 9.10. The number of sulfonamides is 1. The van der Waals surface area contributed by atoms with Crippen LogP contribution in [-0.4, -0.2) is 25.7 Å². The highest BCUT2D eigenvalue weighted by Gasteiger charge is 2.30. The molecule has 1 aromatic rings. The predicted octanol–water partition coefficient (Wildman–Crippen LogP) is 1.72. The van der Waals surface area contributed by atoms with Gasteiger partial charge in [-0.3, -0.25) is 0 Å². The predicted molar refractivity (Wildman–Crippen MR) is 81.0 cm³/mol. The third kappa shape index (κ3) is 3.50. The van der Waals surface area contributed by atoms with Crippen molar-refractivity contribution >= 4 is 15.7 Å². The molecule has 6 heteroatoms. The Morgan fingerprint density at radius 2 is 1.95 bits per heavy atom. The van der Waals surface area contributed by atoms with E-state index in [9.17, 15) is 8.42 Å². The quantitative estimate of drug-likeness (QED) is 0.697. The number of hydrogen-bond donors (Lipinski definition) is 3. The first kappa shape index (κ1) is 16.9. The van der Waals surface area contributed by atoms with Gasteiger partial charge in [0, 0.05) is 17.8 Å². The van der Waals surface area contributed by atoms with Gasteiger partial charge in [-0.1, -0.05) is 13.0 Å². The average Bonchev–Trinajstić information content (AvgIpc) is 2.33. The number of aryl methyl sites for hydroxylation is 1. The fourth-order valence-electron chi connectivity index (χ4n) is 2.18. The monoisotopic (exact) mass is 300 g/mol. The van der Waals surface area contributed by atoms with Crippen LogP contribution in [-0.2, 0) is 10.0 Å². The lowest BCUT2D eigenvalue weighted by atomic mass is 9.97. The van der Waals surface area contributed by atoms with Gasteiger partial charge in [0.2, 0.25) is 10.0 Å². The van der Waals surface area contributed by atoms with Gasteiger partial charge >= 0.3 is 0 Å². The van der Waals surface area contributed by atoms with Crippen molar-refractivity contribution in [2.75, 3.05) is 12.3 Å². The molecular formula is C14H24N2O3S. The smallest absolute Gasteiger partial charge is 0.241 e. The number of nitrogens with two attached hydrogens (primary N) is 1. The SMILES string of the molecule is CCC(C)(CCO)NS(=O)(=O)c1c(C)ccc(N)c1C. The molecule has 0 aliphatic carbocycles. The highest BCUT2D eigenvalue weighted by Crippen LogP contribution is 2.27. The van der Waals surface area contributed by atoms with Crippen LogP contribution in [0.1, 0.15) is 37.8 Å². The van der Waals surface area contributed by atoms with Crippen molar-refractivity contribution in [3.63, 3.8) is 0 Å². The zero-order valence-electron chi connectivity index (χ0n) is 12.5. The lowest BCUT2D eigenvalue weighted by Gasteiger charge is -2.29. The van der Waals surface area contributed by atoms with E-state index in [1.54, 1.807) is 32.9 Å². The Labute approximate surface area is 121 Å². The van der Waals surface area contributed by atoms with Crippen LogP contribution < -0.4 is 10.5 Å². The fourth-order valence-corrected chi connectivity index (χ4v) is 4.19. The maximum atomic E-state index is 12.6.